The highest BCUT2D eigenvalue weighted by molar-refractivity contribution is 6.07. The molecule has 0 heterocycles. The molecule has 0 saturated heterocycles. The topological polar surface area (TPSA) is 105 Å². The fourth-order valence-corrected chi connectivity index (χ4v) is 3.52. The summed E-state index contributed by atoms with van der Waals surface area (Å²) in [4.78, 5) is 38.8. The molecule has 4 rings (SSSR count). The van der Waals surface area contributed by atoms with Crippen LogP contribution in [0.2, 0.25) is 0 Å². The first-order valence-corrected chi connectivity index (χ1v) is 11.6. The fraction of sp³-hybridized carbons (Fsp3) is 0.100. The second kappa shape index (κ2) is 12.2. The number of benzene rings is 4. The molecule has 0 amide bonds. The number of hydrogen-bond donors (Lipinski definition) is 1. The van der Waals surface area contributed by atoms with Gasteiger partial charge in [0.25, 0.3) is 0 Å². The van der Waals surface area contributed by atoms with Gasteiger partial charge in [-0.3, -0.25) is 0 Å². The van der Waals surface area contributed by atoms with Crippen LogP contribution in [0.15, 0.2) is 103 Å². The van der Waals surface area contributed by atoms with Crippen molar-refractivity contribution in [3.63, 3.8) is 0 Å². The summed E-state index contributed by atoms with van der Waals surface area (Å²) in [5, 5.41) is 0. The third-order valence-electron chi connectivity index (χ3n) is 5.49. The van der Waals surface area contributed by atoms with Gasteiger partial charge in [-0.1, -0.05) is 91.0 Å². The second-order valence-electron chi connectivity index (χ2n) is 8.17. The van der Waals surface area contributed by atoms with Crippen LogP contribution in [0.25, 0.3) is 0 Å². The molecule has 0 saturated carbocycles. The highest BCUT2D eigenvalue weighted by atomic mass is 16.5. The number of rotatable bonds is 9. The molecule has 0 aliphatic rings. The molecule has 0 radical (unpaired) electrons. The van der Waals surface area contributed by atoms with Gasteiger partial charge >= 0.3 is 17.9 Å². The Bertz CT molecular complexity index is 1290. The monoisotopic (exact) mass is 495 g/mol. The van der Waals surface area contributed by atoms with Crippen molar-refractivity contribution in [2.24, 2.45) is 0 Å². The van der Waals surface area contributed by atoms with Crippen molar-refractivity contribution in [1.29, 1.82) is 0 Å². The lowest BCUT2D eigenvalue weighted by Crippen LogP contribution is -2.17. The van der Waals surface area contributed by atoms with Gasteiger partial charge in [-0.25, -0.2) is 14.4 Å². The molecule has 7 heteroatoms. The van der Waals surface area contributed by atoms with Crippen LogP contribution in [0.4, 0.5) is 5.69 Å². The summed E-state index contributed by atoms with van der Waals surface area (Å²) in [6, 6.07) is 29.9. The zero-order chi connectivity index (χ0) is 26.0. The highest BCUT2D eigenvalue weighted by Gasteiger charge is 2.24. The summed E-state index contributed by atoms with van der Waals surface area (Å²) in [7, 11) is 0. The maximum Gasteiger partial charge on any atom is 0.340 e. The van der Waals surface area contributed by atoms with E-state index in [1.807, 2.05) is 66.7 Å². The van der Waals surface area contributed by atoms with E-state index in [2.05, 4.69) is 0 Å². The average Bonchev–Trinajstić information content (AvgIpc) is 2.95. The lowest BCUT2D eigenvalue weighted by molar-refractivity contribution is 0.0470. The first kappa shape index (κ1) is 25.2. The van der Waals surface area contributed by atoms with Crippen LogP contribution in [-0.4, -0.2) is 17.9 Å². The average molecular weight is 496 g/mol. The molecule has 4 aromatic rings. The van der Waals surface area contributed by atoms with Crippen molar-refractivity contribution in [3.8, 4) is 0 Å². The number of anilines is 1. The predicted octanol–water partition coefficient (Wildman–Crippen LogP) is 5.34. The Hall–Kier alpha value is -4.91. The summed E-state index contributed by atoms with van der Waals surface area (Å²) in [6.45, 7) is 0.0107. The molecule has 2 N–H and O–H groups in total. The number of hydrogen-bond acceptors (Lipinski definition) is 7. The zero-order valence-corrected chi connectivity index (χ0v) is 20.0. The Balaban J connectivity index is 1.58. The molecule has 0 unspecified atom stereocenters. The summed E-state index contributed by atoms with van der Waals surface area (Å²) < 4.78 is 16.2. The van der Waals surface area contributed by atoms with Crippen molar-refractivity contribution in [2.45, 2.75) is 19.8 Å². The molecule has 37 heavy (non-hydrogen) atoms. The van der Waals surface area contributed by atoms with Crippen molar-refractivity contribution >= 4 is 23.6 Å². The maximum atomic E-state index is 12.9. The minimum atomic E-state index is -0.781. The number of nitrogen functional groups attached to an aromatic ring is 1. The van der Waals surface area contributed by atoms with Crippen molar-refractivity contribution in [3.05, 3.63) is 137 Å². The second-order valence-corrected chi connectivity index (χ2v) is 8.17. The van der Waals surface area contributed by atoms with Gasteiger partial charge in [-0.15, -0.1) is 0 Å². The smallest absolute Gasteiger partial charge is 0.340 e. The van der Waals surface area contributed by atoms with Gasteiger partial charge in [-0.2, -0.15) is 0 Å². The van der Waals surface area contributed by atoms with Crippen LogP contribution in [0.1, 0.15) is 47.8 Å². The van der Waals surface area contributed by atoms with Crippen molar-refractivity contribution < 1.29 is 28.6 Å². The van der Waals surface area contributed by atoms with Crippen LogP contribution in [-0.2, 0) is 34.0 Å². The van der Waals surface area contributed by atoms with Crippen LogP contribution in [0.3, 0.4) is 0 Å². The van der Waals surface area contributed by atoms with Gasteiger partial charge in [0.1, 0.15) is 19.8 Å². The Morgan fingerprint density at radius 3 is 1.19 bits per heavy atom. The van der Waals surface area contributed by atoms with Crippen molar-refractivity contribution in [2.75, 3.05) is 5.73 Å². The summed E-state index contributed by atoms with van der Waals surface area (Å²) >= 11 is 0. The van der Waals surface area contributed by atoms with E-state index < -0.39 is 17.9 Å². The molecule has 0 aliphatic carbocycles. The molecule has 0 aromatic heterocycles. The third kappa shape index (κ3) is 6.82. The lowest BCUT2D eigenvalue weighted by atomic mass is 10.0. The van der Waals surface area contributed by atoms with E-state index in [-0.39, 0.29) is 42.2 Å². The van der Waals surface area contributed by atoms with Gasteiger partial charge in [-0.05, 0) is 28.8 Å². The third-order valence-corrected chi connectivity index (χ3v) is 5.49. The molecular weight excluding hydrogens is 470 g/mol. The predicted molar refractivity (Wildman–Crippen MR) is 138 cm³/mol. The van der Waals surface area contributed by atoms with Crippen LogP contribution in [0.5, 0.6) is 0 Å². The Kier molecular flexibility index (Phi) is 8.29. The van der Waals surface area contributed by atoms with Gasteiger partial charge in [0.05, 0.1) is 22.4 Å². The van der Waals surface area contributed by atoms with E-state index in [4.69, 9.17) is 19.9 Å². The van der Waals surface area contributed by atoms with Gasteiger partial charge < -0.3 is 19.9 Å². The van der Waals surface area contributed by atoms with Crippen LogP contribution < -0.4 is 5.73 Å². The first-order valence-electron chi connectivity index (χ1n) is 11.6. The lowest BCUT2D eigenvalue weighted by Gasteiger charge is -2.14. The normalized spacial score (nSPS) is 10.4. The summed E-state index contributed by atoms with van der Waals surface area (Å²) in [6.07, 6.45) is 0. The summed E-state index contributed by atoms with van der Waals surface area (Å²) in [5.74, 6) is -2.29. The molecule has 186 valence electrons. The van der Waals surface area contributed by atoms with E-state index in [0.29, 0.717) is 0 Å². The minimum absolute atomic E-state index is 0.00438. The van der Waals surface area contributed by atoms with Gasteiger partial charge in [0.2, 0.25) is 0 Å². The SMILES string of the molecule is Nc1c(C(=O)OCc2ccccc2)cc(C(=O)OCc2ccccc2)cc1C(=O)OCc1ccccc1. The number of nitrogens with two attached hydrogens (primary N) is 1. The van der Waals surface area contributed by atoms with E-state index >= 15 is 0 Å². The van der Waals surface area contributed by atoms with E-state index in [1.165, 1.54) is 12.1 Å². The Morgan fingerprint density at radius 2 is 0.838 bits per heavy atom. The van der Waals surface area contributed by atoms with E-state index in [1.54, 1.807) is 24.3 Å². The number of carbonyl (C=O) groups excluding carboxylic acids is 3. The molecule has 0 aliphatic heterocycles. The standard InChI is InChI=1S/C30H25NO6/c31-27-25(29(33)36-19-22-12-6-2-7-13-22)16-24(28(32)35-18-21-10-4-1-5-11-21)17-26(27)30(34)37-20-23-14-8-3-9-15-23/h1-17H,18-20,31H2. The molecule has 0 spiro atoms. The van der Waals surface area contributed by atoms with E-state index in [0.717, 1.165) is 16.7 Å². The zero-order valence-electron chi connectivity index (χ0n) is 20.0. The fourth-order valence-electron chi connectivity index (χ4n) is 3.52. The number of esters is 3. The van der Waals surface area contributed by atoms with Crippen LogP contribution >= 0.6 is 0 Å². The van der Waals surface area contributed by atoms with Gasteiger partial charge in [0.15, 0.2) is 0 Å². The molecule has 4 aromatic carbocycles. The maximum absolute atomic E-state index is 12.9. The number of carbonyl (C=O) groups is 3. The largest absolute Gasteiger partial charge is 0.457 e. The molecule has 0 atom stereocenters. The molecule has 0 bridgehead atoms. The molecular formula is C30H25NO6. The van der Waals surface area contributed by atoms with Crippen molar-refractivity contribution in [1.82, 2.24) is 0 Å². The first-order chi connectivity index (χ1) is 18.0. The Labute approximate surface area is 214 Å². The van der Waals surface area contributed by atoms with Crippen LogP contribution in [0, 0.1) is 0 Å². The highest BCUT2D eigenvalue weighted by Crippen LogP contribution is 2.24. The quantitative estimate of drug-likeness (QED) is 0.190. The Morgan fingerprint density at radius 1 is 0.514 bits per heavy atom. The number of ether oxygens (including phenoxy) is 3. The minimum Gasteiger partial charge on any atom is -0.457 e. The molecule has 0 fully saturated rings. The van der Waals surface area contributed by atoms with E-state index in [9.17, 15) is 14.4 Å². The van der Waals surface area contributed by atoms with Gasteiger partial charge in [0, 0.05) is 0 Å². The summed E-state index contributed by atoms with van der Waals surface area (Å²) in [5.41, 5.74) is 8.12. The molecule has 7 nitrogen and oxygen atoms in total.